The lowest BCUT2D eigenvalue weighted by atomic mass is 10.3. The van der Waals surface area contributed by atoms with Crippen LogP contribution in [0.4, 0.5) is 5.13 Å². The molecule has 0 bridgehead atoms. The lowest BCUT2D eigenvalue weighted by Gasteiger charge is -2.02. The van der Waals surface area contributed by atoms with Crippen molar-refractivity contribution >= 4 is 16.5 Å². The van der Waals surface area contributed by atoms with E-state index in [-0.39, 0.29) is 0 Å². The van der Waals surface area contributed by atoms with Crippen molar-refractivity contribution in [2.24, 2.45) is 0 Å². The molecule has 0 unspecified atom stereocenters. The molecule has 0 aliphatic rings. The molecule has 2 heterocycles. The molecule has 16 heavy (non-hydrogen) atoms. The first-order valence-corrected chi connectivity index (χ1v) is 5.62. The topological polar surface area (TPSA) is 59.9 Å². The fourth-order valence-electron chi connectivity index (χ4n) is 1.18. The quantitative estimate of drug-likeness (QED) is 0.878. The third-order valence-electron chi connectivity index (χ3n) is 1.98. The van der Waals surface area contributed by atoms with Crippen molar-refractivity contribution in [3.63, 3.8) is 0 Å². The maximum Gasteiger partial charge on any atom is 0.212 e. The van der Waals surface area contributed by atoms with Gasteiger partial charge in [-0.15, -0.1) is 10.2 Å². The molecule has 0 spiro atoms. The van der Waals surface area contributed by atoms with Crippen molar-refractivity contribution in [2.75, 3.05) is 12.4 Å². The van der Waals surface area contributed by atoms with E-state index in [2.05, 4.69) is 20.5 Å². The van der Waals surface area contributed by atoms with Gasteiger partial charge in [0.25, 0.3) is 0 Å². The third kappa shape index (κ3) is 2.66. The lowest BCUT2D eigenvalue weighted by molar-refractivity contribution is 0.397. The normalized spacial score (nSPS) is 10.1. The molecule has 6 heteroatoms. The maximum absolute atomic E-state index is 4.98. The maximum atomic E-state index is 4.98. The van der Waals surface area contributed by atoms with Crippen molar-refractivity contribution in [2.45, 2.75) is 13.5 Å². The van der Waals surface area contributed by atoms with Gasteiger partial charge in [0.1, 0.15) is 5.01 Å². The van der Waals surface area contributed by atoms with Crippen LogP contribution in [0.5, 0.6) is 5.88 Å². The summed E-state index contributed by atoms with van der Waals surface area (Å²) in [5, 5.41) is 12.9. The van der Waals surface area contributed by atoms with Crippen molar-refractivity contribution in [3.8, 4) is 5.88 Å². The molecule has 2 aromatic rings. The van der Waals surface area contributed by atoms with Crippen LogP contribution in [0.25, 0.3) is 0 Å². The molecular weight excluding hydrogens is 224 g/mol. The number of nitrogens with zero attached hydrogens (tertiary/aromatic N) is 3. The second-order valence-electron chi connectivity index (χ2n) is 3.19. The Hall–Kier alpha value is -1.69. The van der Waals surface area contributed by atoms with Crippen LogP contribution in [0.1, 0.15) is 10.6 Å². The molecule has 0 fully saturated rings. The van der Waals surface area contributed by atoms with E-state index in [0.717, 1.165) is 15.7 Å². The number of ether oxygens (including phenoxy) is 1. The van der Waals surface area contributed by atoms with Crippen LogP contribution in [0, 0.1) is 6.92 Å². The van der Waals surface area contributed by atoms with Crippen LogP contribution in [0.3, 0.4) is 0 Å². The van der Waals surface area contributed by atoms with Gasteiger partial charge in [0.15, 0.2) is 0 Å². The summed E-state index contributed by atoms with van der Waals surface area (Å²) in [5.74, 6) is 0.621. The van der Waals surface area contributed by atoms with Crippen LogP contribution in [-0.2, 0) is 6.54 Å². The van der Waals surface area contributed by atoms with Crippen LogP contribution in [0.2, 0.25) is 0 Å². The zero-order valence-corrected chi connectivity index (χ0v) is 9.91. The van der Waals surface area contributed by atoms with Crippen molar-refractivity contribution in [1.82, 2.24) is 15.2 Å². The molecule has 0 radical (unpaired) electrons. The Morgan fingerprint density at radius 1 is 1.38 bits per heavy atom. The minimum atomic E-state index is 0.621. The summed E-state index contributed by atoms with van der Waals surface area (Å²) in [5.41, 5.74) is 1.08. The summed E-state index contributed by atoms with van der Waals surface area (Å²) in [6.07, 6.45) is 1.78. The van der Waals surface area contributed by atoms with Gasteiger partial charge in [-0.1, -0.05) is 17.4 Å². The molecule has 1 N–H and O–H groups in total. The number of methoxy groups -OCH3 is 1. The number of aromatic nitrogens is 3. The van der Waals surface area contributed by atoms with Gasteiger partial charge in [-0.25, -0.2) is 4.98 Å². The highest BCUT2D eigenvalue weighted by atomic mass is 32.1. The van der Waals surface area contributed by atoms with Crippen molar-refractivity contribution < 1.29 is 4.74 Å². The number of hydrogen-bond acceptors (Lipinski definition) is 6. The standard InChI is InChI=1S/C10H12N4OS/c1-7-13-14-10(16-7)12-6-8-3-4-9(15-2)11-5-8/h3-5H,6H2,1-2H3,(H,12,14). The first-order valence-electron chi connectivity index (χ1n) is 4.81. The lowest BCUT2D eigenvalue weighted by Crippen LogP contribution is -1.99. The van der Waals surface area contributed by atoms with E-state index in [4.69, 9.17) is 4.74 Å². The number of rotatable bonds is 4. The van der Waals surface area contributed by atoms with E-state index >= 15 is 0 Å². The van der Waals surface area contributed by atoms with E-state index in [1.165, 1.54) is 11.3 Å². The first kappa shape index (κ1) is 10.8. The molecule has 0 atom stereocenters. The van der Waals surface area contributed by atoms with Crippen LogP contribution < -0.4 is 10.1 Å². The summed E-state index contributed by atoms with van der Waals surface area (Å²) in [4.78, 5) is 4.12. The fourth-order valence-corrected chi connectivity index (χ4v) is 1.77. The molecular formula is C10H12N4OS. The zero-order chi connectivity index (χ0) is 11.4. The van der Waals surface area contributed by atoms with Gasteiger partial charge in [0.05, 0.1) is 7.11 Å². The Morgan fingerprint density at radius 3 is 2.81 bits per heavy atom. The smallest absolute Gasteiger partial charge is 0.212 e. The molecule has 0 saturated carbocycles. The predicted octanol–water partition coefficient (Wildman–Crippen LogP) is 1.86. The highest BCUT2D eigenvalue weighted by Gasteiger charge is 2.00. The largest absolute Gasteiger partial charge is 0.481 e. The predicted molar refractivity (Wildman–Crippen MR) is 62.8 cm³/mol. The Labute approximate surface area is 97.5 Å². The van der Waals surface area contributed by atoms with Crippen molar-refractivity contribution in [3.05, 3.63) is 28.9 Å². The molecule has 2 aromatic heterocycles. The van der Waals surface area contributed by atoms with Crippen LogP contribution in [-0.4, -0.2) is 22.3 Å². The molecule has 0 aliphatic carbocycles. The third-order valence-corrected chi connectivity index (χ3v) is 2.77. The average molecular weight is 236 g/mol. The molecule has 0 aliphatic heterocycles. The summed E-state index contributed by atoms with van der Waals surface area (Å²) in [6, 6.07) is 3.80. The second-order valence-corrected chi connectivity index (χ2v) is 4.37. The Kier molecular flexibility index (Phi) is 3.31. The van der Waals surface area contributed by atoms with Gasteiger partial charge in [0.2, 0.25) is 11.0 Å². The van der Waals surface area contributed by atoms with E-state index in [1.807, 2.05) is 19.1 Å². The summed E-state index contributed by atoms with van der Waals surface area (Å²) < 4.78 is 4.98. The average Bonchev–Trinajstić information content (AvgIpc) is 2.73. The van der Waals surface area contributed by atoms with E-state index < -0.39 is 0 Å². The Morgan fingerprint density at radius 2 is 2.25 bits per heavy atom. The molecule has 0 aromatic carbocycles. The molecule has 2 rings (SSSR count). The number of nitrogens with one attached hydrogen (secondary N) is 1. The van der Waals surface area contributed by atoms with Crippen molar-refractivity contribution in [1.29, 1.82) is 0 Å². The summed E-state index contributed by atoms with van der Waals surface area (Å²) in [6.45, 7) is 2.61. The molecule has 0 saturated heterocycles. The number of pyridine rings is 1. The van der Waals surface area contributed by atoms with E-state index in [0.29, 0.717) is 12.4 Å². The SMILES string of the molecule is COc1ccc(CNc2nnc(C)s2)cn1. The monoisotopic (exact) mass is 236 g/mol. The van der Waals surface area contributed by atoms with Gasteiger partial charge >= 0.3 is 0 Å². The Balaban J connectivity index is 1.94. The first-order chi connectivity index (χ1) is 7.78. The highest BCUT2D eigenvalue weighted by molar-refractivity contribution is 7.15. The fraction of sp³-hybridized carbons (Fsp3) is 0.300. The van der Waals surface area contributed by atoms with Crippen LogP contribution >= 0.6 is 11.3 Å². The van der Waals surface area contributed by atoms with Gasteiger partial charge in [-0.3, -0.25) is 0 Å². The molecule has 84 valence electrons. The number of anilines is 1. The van der Waals surface area contributed by atoms with Gasteiger partial charge in [0, 0.05) is 18.8 Å². The number of aryl methyl sites for hydroxylation is 1. The zero-order valence-electron chi connectivity index (χ0n) is 9.10. The molecule has 5 nitrogen and oxygen atoms in total. The summed E-state index contributed by atoms with van der Waals surface area (Å²) in [7, 11) is 1.60. The van der Waals surface area contributed by atoms with E-state index in [9.17, 15) is 0 Å². The second kappa shape index (κ2) is 4.89. The van der Waals surface area contributed by atoms with E-state index in [1.54, 1.807) is 13.3 Å². The number of hydrogen-bond donors (Lipinski definition) is 1. The highest BCUT2D eigenvalue weighted by Crippen LogP contribution is 2.15. The minimum Gasteiger partial charge on any atom is -0.481 e. The Bertz CT molecular complexity index is 454. The summed E-state index contributed by atoms with van der Waals surface area (Å²) >= 11 is 1.54. The van der Waals surface area contributed by atoms with Crippen LogP contribution in [0.15, 0.2) is 18.3 Å². The minimum absolute atomic E-state index is 0.621. The van der Waals surface area contributed by atoms with Gasteiger partial charge < -0.3 is 10.1 Å². The van der Waals surface area contributed by atoms with Gasteiger partial charge in [-0.05, 0) is 12.5 Å². The molecule has 0 amide bonds. The van der Waals surface area contributed by atoms with Gasteiger partial charge in [-0.2, -0.15) is 0 Å².